The summed E-state index contributed by atoms with van der Waals surface area (Å²) in [5.74, 6) is 0.565. The zero-order chi connectivity index (χ0) is 6.57. The molecule has 0 heterocycles. The van der Waals surface area contributed by atoms with Crippen molar-refractivity contribution in [2.75, 3.05) is 0 Å². The monoisotopic (exact) mass is 111 g/mol. The van der Waals surface area contributed by atoms with Gasteiger partial charge in [0, 0.05) is 5.71 Å². The number of hydrogen-bond acceptors (Lipinski definition) is 1. The van der Waals surface area contributed by atoms with Gasteiger partial charge in [-0.05, 0) is 18.9 Å². The summed E-state index contributed by atoms with van der Waals surface area (Å²) in [6.45, 7) is 5.97. The Hall–Kier alpha value is -0.590. The molecule has 0 saturated carbocycles. The Labute approximate surface area is 50.9 Å². The minimum Gasteiger partial charge on any atom is -0.306 e. The highest BCUT2D eigenvalue weighted by Crippen LogP contribution is 1.92. The number of hydrogen-bond donors (Lipinski definition) is 1. The fraction of sp³-hybridized carbons (Fsp3) is 0.571. The van der Waals surface area contributed by atoms with E-state index in [9.17, 15) is 0 Å². The summed E-state index contributed by atoms with van der Waals surface area (Å²) in [4.78, 5) is 0. The molecule has 0 aliphatic carbocycles. The standard InChI is InChI=1S/C7H13N/c1-6(2)4-5-7(3)8/h4-6,8H,1-3H3. The third-order valence-corrected chi connectivity index (χ3v) is 0.731. The van der Waals surface area contributed by atoms with Crippen LogP contribution >= 0.6 is 0 Å². The molecule has 0 aromatic rings. The van der Waals surface area contributed by atoms with Gasteiger partial charge in [-0.1, -0.05) is 19.9 Å². The van der Waals surface area contributed by atoms with E-state index in [1.807, 2.05) is 12.2 Å². The molecule has 0 aromatic heterocycles. The quantitative estimate of drug-likeness (QED) is 0.528. The molecule has 0 saturated heterocycles. The van der Waals surface area contributed by atoms with Crippen LogP contribution in [-0.2, 0) is 0 Å². The molecule has 0 spiro atoms. The van der Waals surface area contributed by atoms with Gasteiger partial charge >= 0.3 is 0 Å². The van der Waals surface area contributed by atoms with Gasteiger partial charge in [-0.2, -0.15) is 0 Å². The van der Waals surface area contributed by atoms with Crippen LogP contribution in [0, 0.1) is 11.3 Å². The average molecular weight is 111 g/mol. The Morgan fingerprint density at radius 1 is 1.50 bits per heavy atom. The molecule has 1 nitrogen and oxygen atoms in total. The molecule has 0 aliphatic rings. The van der Waals surface area contributed by atoms with Gasteiger partial charge in [0.2, 0.25) is 0 Å². The van der Waals surface area contributed by atoms with Crippen LogP contribution < -0.4 is 0 Å². The second-order valence-corrected chi connectivity index (χ2v) is 2.29. The maximum atomic E-state index is 7.00. The van der Waals surface area contributed by atoms with Crippen LogP contribution in [0.3, 0.4) is 0 Å². The Kier molecular flexibility index (Phi) is 3.16. The number of allylic oxidation sites excluding steroid dienone is 2. The summed E-state index contributed by atoms with van der Waals surface area (Å²) in [7, 11) is 0. The maximum Gasteiger partial charge on any atom is 0.0279 e. The maximum absolute atomic E-state index is 7.00. The summed E-state index contributed by atoms with van der Waals surface area (Å²) in [6, 6.07) is 0. The molecule has 0 aliphatic heterocycles. The molecular weight excluding hydrogens is 98.1 g/mol. The van der Waals surface area contributed by atoms with Gasteiger partial charge < -0.3 is 5.41 Å². The van der Waals surface area contributed by atoms with Crippen LogP contribution in [0.4, 0.5) is 0 Å². The topological polar surface area (TPSA) is 23.9 Å². The Morgan fingerprint density at radius 3 is 2.12 bits per heavy atom. The largest absolute Gasteiger partial charge is 0.306 e. The first-order valence-corrected chi connectivity index (χ1v) is 2.86. The van der Waals surface area contributed by atoms with Crippen molar-refractivity contribution in [1.29, 1.82) is 5.41 Å². The van der Waals surface area contributed by atoms with Crippen molar-refractivity contribution in [2.45, 2.75) is 20.8 Å². The summed E-state index contributed by atoms with van der Waals surface area (Å²) in [6.07, 6.45) is 3.84. The van der Waals surface area contributed by atoms with Crippen LogP contribution in [0.1, 0.15) is 20.8 Å². The van der Waals surface area contributed by atoms with Crippen molar-refractivity contribution in [3.8, 4) is 0 Å². The van der Waals surface area contributed by atoms with E-state index in [1.165, 1.54) is 0 Å². The van der Waals surface area contributed by atoms with Crippen LogP contribution in [0.2, 0.25) is 0 Å². The zero-order valence-corrected chi connectivity index (χ0v) is 5.73. The van der Waals surface area contributed by atoms with E-state index in [2.05, 4.69) is 13.8 Å². The lowest BCUT2D eigenvalue weighted by Gasteiger charge is -1.90. The van der Waals surface area contributed by atoms with Gasteiger partial charge in [-0.15, -0.1) is 0 Å². The molecule has 1 heteroatoms. The average Bonchev–Trinajstić information content (AvgIpc) is 1.61. The molecular formula is C7H13N. The highest BCUT2D eigenvalue weighted by molar-refractivity contribution is 5.89. The van der Waals surface area contributed by atoms with Crippen molar-refractivity contribution in [3.05, 3.63) is 12.2 Å². The summed E-state index contributed by atoms with van der Waals surface area (Å²) >= 11 is 0. The van der Waals surface area contributed by atoms with Crippen molar-refractivity contribution in [1.82, 2.24) is 0 Å². The minimum absolute atomic E-state index is 0.565. The van der Waals surface area contributed by atoms with Gasteiger partial charge in [-0.25, -0.2) is 0 Å². The predicted molar refractivity (Wildman–Crippen MR) is 37.4 cm³/mol. The molecule has 0 amide bonds. The van der Waals surface area contributed by atoms with Gasteiger partial charge in [0.15, 0.2) is 0 Å². The van der Waals surface area contributed by atoms with Crippen LogP contribution in [-0.4, -0.2) is 5.71 Å². The SMILES string of the molecule is CC(=N)C=CC(C)C. The summed E-state index contributed by atoms with van der Waals surface area (Å²) < 4.78 is 0. The third-order valence-electron chi connectivity index (χ3n) is 0.731. The number of nitrogens with one attached hydrogen (secondary N) is 1. The fourth-order valence-electron chi connectivity index (χ4n) is 0.337. The summed E-state index contributed by atoms with van der Waals surface area (Å²) in [5.41, 5.74) is 0.624. The fourth-order valence-corrected chi connectivity index (χ4v) is 0.337. The van der Waals surface area contributed by atoms with Crippen LogP contribution in [0.25, 0.3) is 0 Å². The van der Waals surface area contributed by atoms with Crippen LogP contribution in [0.15, 0.2) is 12.2 Å². The van der Waals surface area contributed by atoms with E-state index in [1.54, 1.807) is 6.92 Å². The second-order valence-electron chi connectivity index (χ2n) is 2.29. The molecule has 0 aromatic carbocycles. The lowest BCUT2D eigenvalue weighted by Crippen LogP contribution is -1.82. The summed E-state index contributed by atoms with van der Waals surface area (Å²) in [5, 5.41) is 7.00. The minimum atomic E-state index is 0.565. The lowest BCUT2D eigenvalue weighted by molar-refractivity contribution is 0.832. The first-order chi connectivity index (χ1) is 3.63. The smallest absolute Gasteiger partial charge is 0.0279 e. The molecule has 0 unspecified atom stereocenters. The predicted octanol–water partition coefficient (Wildman–Crippen LogP) is 2.24. The lowest BCUT2D eigenvalue weighted by atomic mass is 10.2. The Bertz CT molecular complexity index is 101. The van der Waals surface area contributed by atoms with E-state index < -0.39 is 0 Å². The van der Waals surface area contributed by atoms with E-state index in [0.717, 1.165) is 0 Å². The molecule has 0 radical (unpaired) electrons. The molecule has 8 heavy (non-hydrogen) atoms. The van der Waals surface area contributed by atoms with Gasteiger partial charge in [0.1, 0.15) is 0 Å². The van der Waals surface area contributed by atoms with E-state index in [0.29, 0.717) is 11.6 Å². The van der Waals surface area contributed by atoms with Crippen molar-refractivity contribution in [2.24, 2.45) is 5.92 Å². The highest BCUT2D eigenvalue weighted by atomic mass is 14.4. The molecule has 0 fully saturated rings. The molecule has 1 N–H and O–H groups in total. The first kappa shape index (κ1) is 7.41. The van der Waals surface area contributed by atoms with Crippen molar-refractivity contribution in [3.63, 3.8) is 0 Å². The number of rotatable bonds is 2. The first-order valence-electron chi connectivity index (χ1n) is 2.86. The Morgan fingerprint density at radius 2 is 2.00 bits per heavy atom. The van der Waals surface area contributed by atoms with E-state index in [4.69, 9.17) is 5.41 Å². The Balaban J connectivity index is 3.50. The molecule has 0 bridgehead atoms. The van der Waals surface area contributed by atoms with Gasteiger partial charge in [0.05, 0.1) is 0 Å². The van der Waals surface area contributed by atoms with E-state index >= 15 is 0 Å². The van der Waals surface area contributed by atoms with Crippen LogP contribution in [0.5, 0.6) is 0 Å². The van der Waals surface area contributed by atoms with E-state index in [-0.39, 0.29) is 0 Å². The highest BCUT2D eigenvalue weighted by Gasteiger charge is 1.81. The van der Waals surface area contributed by atoms with Crippen molar-refractivity contribution < 1.29 is 0 Å². The normalized spacial score (nSPS) is 11.0. The van der Waals surface area contributed by atoms with Gasteiger partial charge in [0.25, 0.3) is 0 Å². The zero-order valence-electron chi connectivity index (χ0n) is 5.73. The third kappa shape index (κ3) is 5.41. The molecule has 46 valence electrons. The molecule has 0 atom stereocenters. The second kappa shape index (κ2) is 3.42. The molecule has 0 rings (SSSR count). The van der Waals surface area contributed by atoms with Gasteiger partial charge in [-0.3, -0.25) is 0 Å². The van der Waals surface area contributed by atoms with Crippen molar-refractivity contribution >= 4 is 5.71 Å².